The molecule has 0 atom stereocenters. The molecule has 19 heavy (non-hydrogen) atoms. The maximum Gasteiger partial charge on any atom is 0.160 e. The van der Waals surface area contributed by atoms with Gasteiger partial charge in [-0.15, -0.1) is 4.91 Å². The van der Waals surface area contributed by atoms with Crippen LogP contribution in [0.4, 0.5) is 5.69 Å². The molecule has 0 aliphatic heterocycles. The number of carbonyl (C=O) groups is 1. The third-order valence-corrected chi connectivity index (χ3v) is 3.88. The number of halogens is 1. The molecule has 0 saturated heterocycles. The van der Waals surface area contributed by atoms with Crippen LogP contribution in [0, 0.1) is 4.91 Å². The van der Waals surface area contributed by atoms with Gasteiger partial charge in [-0.3, -0.25) is 4.79 Å². The van der Waals surface area contributed by atoms with E-state index in [1.165, 1.54) is 24.8 Å². The Labute approximate surface area is 120 Å². The van der Waals surface area contributed by atoms with Crippen LogP contribution in [0.15, 0.2) is 57.4 Å². The normalized spacial score (nSPS) is 10.2. The minimum Gasteiger partial charge on any atom is -0.294 e. The fraction of sp³-hybridized carbons (Fsp3) is 0.0714. The van der Waals surface area contributed by atoms with E-state index in [4.69, 9.17) is 11.6 Å². The molecule has 3 nitrogen and oxygen atoms in total. The standard InChI is InChI=1S/C14H10ClNO2S/c1-9(17)11-4-2-3-5-13(11)19-14-7-6-10(15)8-12(14)16-18/h2-8H,1H3. The number of hydrogen-bond acceptors (Lipinski definition) is 4. The van der Waals surface area contributed by atoms with E-state index in [1.54, 1.807) is 18.2 Å². The molecule has 0 N–H and O–H groups in total. The SMILES string of the molecule is CC(=O)c1ccccc1Sc1ccc(Cl)cc1N=O. The minimum atomic E-state index is -0.0160. The van der Waals surface area contributed by atoms with E-state index in [0.29, 0.717) is 15.5 Å². The van der Waals surface area contributed by atoms with Crippen LogP contribution >= 0.6 is 23.4 Å². The lowest BCUT2D eigenvalue weighted by molar-refractivity contribution is 0.101. The summed E-state index contributed by atoms with van der Waals surface area (Å²) in [4.78, 5) is 23.8. The Kier molecular flexibility index (Phi) is 4.35. The number of Topliss-reactive ketones (excluding diaryl/α,β-unsaturated/α-hetero) is 1. The third kappa shape index (κ3) is 3.22. The summed E-state index contributed by atoms with van der Waals surface area (Å²) in [7, 11) is 0. The molecular weight excluding hydrogens is 282 g/mol. The summed E-state index contributed by atoms with van der Waals surface area (Å²) in [6.07, 6.45) is 0. The molecule has 2 aromatic rings. The van der Waals surface area contributed by atoms with Crippen LogP contribution in [0.1, 0.15) is 17.3 Å². The van der Waals surface area contributed by atoms with Gasteiger partial charge in [0.15, 0.2) is 5.78 Å². The number of nitrogens with zero attached hydrogens (tertiary/aromatic N) is 1. The summed E-state index contributed by atoms with van der Waals surface area (Å²) in [6, 6.07) is 12.2. The summed E-state index contributed by atoms with van der Waals surface area (Å²) >= 11 is 7.15. The van der Waals surface area contributed by atoms with Crippen molar-refractivity contribution < 1.29 is 4.79 Å². The number of benzene rings is 2. The Morgan fingerprint density at radius 2 is 1.89 bits per heavy atom. The van der Waals surface area contributed by atoms with Crippen molar-refractivity contribution in [1.29, 1.82) is 0 Å². The van der Waals surface area contributed by atoms with Crippen LogP contribution in [0.5, 0.6) is 0 Å². The molecule has 0 aliphatic rings. The van der Waals surface area contributed by atoms with Crippen molar-refractivity contribution in [2.45, 2.75) is 16.7 Å². The molecule has 0 aliphatic carbocycles. The van der Waals surface area contributed by atoms with Crippen LogP contribution in [0.25, 0.3) is 0 Å². The number of carbonyl (C=O) groups excluding carboxylic acids is 1. The molecule has 0 heterocycles. The average Bonchev–Trinajstić information content (AvgIpc) is 2.41. The van der Waals surface area contributed by atoms with E-state index in [2.05, 4.69) is 5.18 Å². The molecular formula is C14H10ClNO2S. The first-order chi connectivity index (χ1) is 9.11. The first-order valence-electron chi connectivity index (χ1n) is 5.52. The largest absolute Gasteiger partial charge is 0.294 e. The van der Waals surface area contributed by atoms with Gasteiger partial charge in [-0.2, -0.15) is 0 Å². The molecule has 0 bridgehead atoms. The molecule has 0 unspecified atom stereocenters. The van der Waals surface area contributed by atoms with Gasteiger partial charge in [0.25, 0.3) is 0 Å². The number of ketones is 1. The second kappa shape index (κ2) is 5.99. The first kappa shape index (κ1) is 13.8. The Morgan fingerprint density at radius 3 is 2.58 bits per heavy atom. The molecule has 96 valence electrons. The van der Waals surface area contributed by atoms with Gasteiger partial charge < -0.3 is 0 Å². The monoisotopic (exact) mass is 291 g/mol. The number of nitroso groups, excluding NO2 is 1. The molecule has 0 spiro atoms. The zero-order chi connectivity index (χ0) is 13.8. The van der Waals surface area contributed by atoms with Crippen LogP contribution in [-0.4, -0.2) is 5.78 Å². The average molecular weight is 292 g/mol. The van der Waals surface area contributed by atoms with E-state index in [9.17, 15) is 9.70 Å². The molecule has 0 saturated carbocycles. The van der Waals surface area contributed by atoms with Crippen molar-refractivity contribution in [2.24, 2.45) is 5.18 Å². The molecule has 0 aromatic heterocycles. The van der Waals surface area contributed by atoms with Crippen molar-refractivity contribution in [3.63, 3.8) is 0 Å². The quantitative estimate of drug-likeness (QED) is 0.582. The van der Waals surface area contributed by atoms with Crippen molar-refractivity contribution in [2.75, 3.05) is 0 Å². The highest BCUT2D eigenvalue weighted by atomic mass is 35.5. The summed E-state index contributed by atoms with van der Waals surface area (Å²) in [5.41, 5.74) is 0.898. The van der Waals surface area contributed by atoms with Crippen LogP contribution in [-0.2, 0) is 0 Å². The maximum atomic E-state index is 11.5. The molecule has 5 heteroatoms. The zero-order valence-electron chi connectivity index (χ0n) is 10.1. The van der Waals surface area contributed by atoms with Crippen LogP contribution in [0.3, 0.4) is 0 Å². The zero-order valence-corrected chi connectivity index (χ0v) is 11.7. The Balaban J connectivity index is 2.42. The minimum absolute atomic E-state index is 0.0160. The maximum absolute atomic E-state index is 11.5. The lowest BCUT2D eigenvalue weighted by Crippen LogP contribution is -1.94. The molecule has 0 fully saturated rings. The second-order valence-corrected chi connectivity index (χ2v) is 5.38. The van der Waals surface area contributed by atoms with Crippen molar-refractivity contribution in [3.8, 4) is 0 Å². The summed E-state index contributed by atoms with van der Waals surface area (Å²) in [5, 5.41) is 3.42. The fourth-order valence-electron chi connectivity index (χ4n) is 1.61. The Hall–Kier alpha value is -1.65. The van der Waals surface area contributed by atoms with Gasteiger partial charge in [0.05, 0.1) is 0 Å². The van der Waals surface area contributed by atoms with E-state index >= 15 is 0 Å². The van der Waals surface area contributed by atoms with Gasteiger partial charge in [0.2, 0.25) is 0 Å². The summed E-state index contributed by atoms with van der Waals surface area (Å²) in [6.45, 7) is 1.51. The van der Waals surface area contributed by atoms with Crippen LogP contribution in [0.2, 0.25) is 5.02 Å². The predicted octanol–water partition coefficient (Wildman–Crippen LogP) is 5.09. The lowest BCUT2D eigenvalue weighted by atomic mass is 10.1. The van der Waals surface area contributed by atoms with E-state index in [1.807, 2.05) is 18.2 Å². The van der Waals surface area contributed by atoms with Gasteiger partial charge in [-0.05, 0) is 36.4 Å². The highest BCUT2D eigenvalue weighted by Gasteiger charge is 2.11. The first-order valence-corrected chi connectivity index (χ1v) is 6.72. The number of rotatable bonds is 4. The Bertz CT molecular complexity index is 643. The fourth-order valence-corrected chi connectivity index (χ4v) is 2.82. The summed E-state index contributed by atoms with van der Waals surface area (Å²) in [5.74, 6) is -0.0160. The molecule has 0 radical (unpaired) electrons. The predicted molar refractivity (Wildman–Crippen MR) is 77.5 cm³/mol. The third-order valence-electron chi connectivity index (χ3n) is 2.51. The van der Waals surface area contributed by atoms with Crippen LogP contribution < -0.4 is 0 Å². The lowest BCUT2D eigenvalue weighted by Gasteiger charge is -2.07. The highest BCUT2D eigenvalue weighted by Crippen LogP contribution is 2.38. The van der Waals surface area contributed by atoms with Crippen molar-refractivity contribution in [3.05, 3.63) is 58.0 Å². The van der Waals surface area contributed by atoms with E-state index < -0.39 is 0 Å². The molecule has 2 rings (SSSR count). The second-order valence-electron chi connectivity index (χ2n) is 3.86. The smallest absolute Gasteiger partial charge is 0.160 e. The van der Waals surface area contributed by atoms with Crippen molar-refractivity contribution in [1.82, 2.24) is 0 Å². The molecule has 0 amide bonds. The highest BCUT2D eigenvalue weighted by molar-refractivity contribution is 7.99. The van der Waals surface area contributed by atoms with Gasteiger partial charge in [-0.1, -0.05) is 41.6 Å². The molecule has 2 aromatic carbocycles. The summed E-state index contributed by atoms with van der Waals surface area (Å²) < 4.78 is 0. The van der Waals surface area contributed by atoms with E-state index in [0.717, 1.165) is 4.90 Å². The van der Waals surface area contributed by atoms with Gasteiger partial charge in [0, 0.05) is 20.4 Å². The van der Waals surface area contributed by atoms with E-state index in [-0.39, 0.29) is 11.5 Å². The van der Waals surface area contributed by atoms with Gasteiger partial charge in [-0.25, -0.2) is 0 Å². The van der Waals surface area contributed by atoms with Gasteiger partial charge in [0.1, 0.15) is 5.69 Å². The van der Waals surface area contributed by atoms with Crippen molar-refractivity contribution >= 4 is 34.8 Å². The topological polar surface area (TPSA) is 46.5 Å². The van der Waals surface area contributed by atoms with Gasteiger partial charge >= 0.3 is 0 Å². The Morgan fingerprint density at radius 1 is 1.16 bits per heavy atom. The number of hydrogen-bond donors (Lipinski definition) is 0.